The van der Waals surface area contributed by atoms with Crippen molar-refractivity contribution in [3.8, 4) is 28.0 Å². The molecule has 7 nitrogen and oxygen atoms in total. The fraction of sp³-hybridized carbons (Fsp3) is 0.250. The zero-order valence-electron chi connectivity index (χ0n) is 22.7. The maximum absolute atomic E-state index is 12.6. The lowest BCUT2D eigenvalue weighted by atomic mass is 9.92. The van der Waals surface area contributed by atoms with Crippen molar-refractivity contribution in [2.24, 2.45) is 12.8 Å². The smallest absolute Gasteiger partial charge is 0.310 e. The molecule has 0 atom stereocenters. The predicted molar refractivity (Wildman–Crippen MR) is 152 cm³/mol. The van der Waals surface area contributed by atoms with Crippen molar-refractivity contribution in [2.75, 3.05) is 0 Å². The van der Waals surface area contributed by atoms with Gasteiger partial charge in [-0.1, -0.05) is 36.4 Å². The van der Waals surface area contributed by atoms with Crippen LogP contribution in [0.4, 0.5) is 0 Å². The van der Waals surface area contributed by atoms with Gasteiger partial charge in [-0.2, -0.15) is 5.10 Å². The molecule has 0 aliphatic heterocycles. The molecule has 7 heteroatoms. The second kappa shape index (κ2) is 10.8. The molecule has 200 valence electrons. The van der Waals surface area contributed by atoms with E-state index in [-0.39, 0.29) is 19.0 Å². The molecule has 0 bridgehead atoms. The molecule has 2 heterocycles. The van der Waals surface area contributed by atoms with Crippen molar-refractivity contribution < 1.29 is 18.7 Å². The van der Waals surface area contributed by atoms with Gasteiger partial charge in [0.25, 0.3) is 0 Å². The lowest BCUT2D eigenvalue weighted by Gasteiger charge is -2.20. The lowest BCUT2D eigenvalue weighted by molar-refractivity contribution is -0.153. The molecular weight excluding hydrogens is 490 g/mol. The molecule has 5 aromatic rings. The van der Waals surface area contributed by atoms with Crippen LogP contribution >= 0.6 is 0 Å². The average Bonchev–Trinajstić information content (AvgIpc) is 3.55. The van der Waals surface area contributed by atoms with E-state index in [0.29, 0.717) is 12.3 Å². The summed E-state index contributed by atoms with van der Waals surface area (Å²) in [5, 5.41) is 5.37. The Morgan fingerprint density at radius 2 is 1.85 bits per heavy atom. The first kappa shape index (κ1) is 26.3. The zero-order chi connectivity index (χ0) is 27.6. The number of benzene rings is 3. The molecule has 2 N–H and O–H groups in total. The maximum Gasteiger partial charge on any atom is 0.310 e. The quantitative estimate of drug-likeness (QED) is 0.236. The van der Waals surface area contributed by atoms with Crippen LogP contribution in [0.5, 0.6) is 5.75 Å². The molecule has 0 spiro atoms. The molecule has 0 aliphatic rings. The normalized spacial score (nSPS) is 11.6. The third-order valence-electron chi connectivity index (χ3n) is 6.40. The summed E-state index contributed by atoms with van der Waals surface area (Å²) in [6, 6.07) is 19.8. The van der Waals surface area contributed by atoms with E-state index in [1.54, 1.807) is 10.9 Å². The minimum Gasteiger partial charge on any atom is -0.489 e. The van der Waals surface area contributed by atoms with Gasteiger partial charge in [-0.25, -0.2) is 0 Å². The van der Waals surface area contributed by atoms with Gasteiger partial charge in [0.05, 0.1) is 18.9 Å². The molecule has 39 heavy (non-hydrogen) atoms. The number of ether oxygens (including phenoxy) is 2. The molecule has 0 saturated heterocycles. The number of carbonyl (C=O) groups excluding carboxylic acids is 1. The molecule has 0 unspecified atom stereocenters. The molecule has 0 aliphatic carbocycles. The molecule has 0 saturated carbocycles. The van der Waals surface area contributed by atoms with Crippen LogP contribution in [0.15, 0.2) is 83.7 Å². The van der Waals surface area contributed by atoms with E-state index in [1.165, 1.54) is 0 Å². The van der Waals surface area contributed by atoms with Gasteiger partial charge in [0.2, 0.25) is 0 Å². The highest BCUT2D eigenvalue weighted by Crippen LogP contribution is 2.40. The number of hydrogen-bond acceptors (Lipinski definition) is 6. The second-order valence-corrected chi connectivity index (χ2v) is 10.6. The van der Waals surface area contributed by atoms with Crippen LogP contribution in [-0.4, -0.2) is 21.4 Å². The number of nitrogens with zero attached hydrogens (tertiary/aromatic N) is 2. The number of carbonyl (C=O) groups is 1. The minimum atomic E-state index is -0.552. The van der Waals surface area contributed by atoms with Crippen molar-refractivity contribution in [3.05, 3.63) is 96.0 Å². The van der Waals surface area contributed by atoms with E-state index in [4.69, 9.17) is 19.6 Å². The van der Waals surface area contributed by atoms with E-state index in [2.05, 4.69) is 23.3 Å². The fourth-order valence-corrected chi connectivity index (χ4v) is 4.76. The summed E-state index contributed by atoms with van der Waals surface area (Å²) in [6.45, 7) is 6.31. The Balaban J connectivity index is 1.56. The molecule has 0 radical (unpaired) electrons. The number of fused-ring (bicyclic) bond motifs is 1. The van der Waals surface area contributed by atoms with E-state index in [9.17, 15) is 4.79 Å². The van der Waals surface area contributed by atoms with Crippen molar-refractivity contribution >= 4 is 16.9 Å². The summed E-state index contributed by atoms with van der Waals surface area (Å²) >= 11 is 0. The van der Waals surface area contributed by atoms with Crippen molar-refractivity contribution in [3.63, 3.8) is 0 Å². The van der Waals surface area contributed by atoms with Gasteiger partial charge in [-0.15, -0.1) is 0 Å². The van der Waals surface area contributed by atoms with Crippen LogP contribution in [0.1, 0.15) is 37.5 Å². The predicted octanol–water partition coefficient (Wildman–Crippen LogP) is 6.42. The Hall–Kier alpha value is -4.36. The van der Waals surface area contributed by atoms with Crippen molar-refractivity contribution in [1.82, 2.24) is 9.78 Å². The summed E-state index contributed by atoms with van der Waals surface area (Å²) in [5.41, 5.74) is 12.9. The van der Waals surface area contributed by atoms with E-state index in [0.717, 1.165) is 49.9 Å². The second-order valence-electron chi connectivity index (χ2n) is 10.6. The molecule has 5 rings (SSSR count). The van der Waals surface area contributed by atoms with Gasteiger partial charge >= 0.3 is 5.97 Å². The standard InChI is InChI=1S/C32H33N3O4/c1-32(2,3)39-29(36)16-23-9-5-6-11-28(23)38-20-24-15-27(22-10-7-8-21(14-22)17-33)31-26(12-13-37-31)30(24)25-18-34-35(4)19-25/h5-15,18-19H,16-17,20,33H2,1-4H3. The molecule has 0 amide bonds. The molecule has 0 fully saturated rings. The summed E-state index contributed by atoms with van der Waals surface area (Å²) in [4.78, 5) is 12.6. The SMILES string of the molecule is Cn1cc(-c2c(COc3ccccc3CC(=O)OC(C)(C)C)cc(-c3cccc(CN)c3)c3occc23)cn1. The van der Waals surface area contributed by atoms with Crippen LogP contribution in [0.25, 0.3) is 33.2 Å². The van der Waals surface area contributed by atoms with Gasteiger partial charge in [0, 0.05) is 47.4 Å². The summed E-state index contributed by atoms with van der Waals surface area (Å²) in [7, 11) is 1.89. The Labute approximate surface area is 228 Å². The number of esters is 1. The maximum atomic E-state index is 12.6. The number of para-hydroxylation sites is 1. The van der Waals surface area contributed by atoms with E-state index in [1.807, 2.05) is 82.7 Å². The van der Waals surface area contributed by atoms with Crippen LogP contribution in [0.3, 0.4) is 0 Å². The number of furan rings is 1. The van der Waals surface area contributed by atoms with Crippen LogP contribution < -0.4 is 10.5 Å². The third-order valence-corrected chi connectivity index (χ3v) is 6.40. The van der Waals surface area contributed by atoms with Gasteiger partial charge in [-0.3, -0.25) is 9.48 Å². The Kier molecular flexibility index (Phi) is 7.26. The first-order valence-electron chi connectivity index (χ1n) is 13.0. The molecular formula is C32H33N3O4. The number of aromatic nitrogens is 2. The van der Waals surface area contributed by atoms with Gasteiger partial charge < -0.3 is 19.6 Å². The van der Waals surface area contributed by atoms with Crippen LogP contribution in [0.2, 0.25) is 0 Å². The highest BCUT2D eigenvalue weighted by Gasteiger charge is 2.21. The number of nitrogens with two attached hydrogens (primary N) is 1. The Bertz CT molecular complexity index is 1620. The summed E-state index contributed by atoms with van der Waals surface area (Å²) < 4.78 is 19.7. The minimum absolute atomic E-state index is 0.126. The van der Waals surface area contributed by atoms with Gasteiger partial charge in [-0.05, 0) is 61.7 Å². The first-order chi connectivity index (χ1) is 18.7. The lowest BCUT2D eigenvalue weighted by Crippen LogP contribution is -2.25. The topological polar surface area (TPSA) is 92.5 Å². The van der Waals surface area contributed by atoms with Crippen LogP contribution in [-0.2, 0) is 36.2 Å². The van der Waals surface area contributed by atoms with Crippen molar-refractivity contribution in [1.29, 1.82) is 0 Å². The van der Waals surface area contributed by atoms with Gasteiger partial charge in [0.15, 0.2) is 0 Å². The van der Waals surface area contributed by atoms with Crippen LogP contribution in [0, 0.1) is 0 Å². The molecule has 2 aromatic heterocycles. The summed E-state index contributed by atoms with van der Waals surface area (Å²) in [5.74, 6) is 0.343. The van der Waals surface area contributed by atoms with E-state index >= 15 is 0 Å². The summed E-state index contributed by atoms with van der Waals surface area (Å²) in [6.07, 6.45) is 5.66. The highest BCUT2D eigenvalue weighted by atomic mass is 16.6. The highest BCUT2D eigenvalue weighted by molar-refractivity contribution is 6.03. The van der Waals surface area contributed by atoms with E-state index < -0.39 is 5.60 Å². The number of hydrogen-bond donors (Lipinski definition) is 1. The Morgan fingerprint density at radius 3 is 2.59 bits per heavy atom. The fourth-order valence-electron chi connectivity index (χ4n) is 4.76. The molecule has 3 aromatic carbocycles. The zero-order valence-corrected chi connectivity index (χ0v) is 22.7. The Morgan fingerprint density at radius 1 is 1.03 bits per heavy atom. The largest absolute Gasteiger partial charge is 0.489 e. The van der Waals surface area contributed by atoms with Crippen molar-refractivity contribution in [2.45, 2.75) is 45.9 Å². The monoisotopic (exact) mass is 523 g/mol. The average molecular weight is 524 g/mol. The van der Waals surface area contributed by atoms with Gasteiger partial charge in [0.1, 0.15) is 23.5 Å². The number of rotatable bonds is 8. The third kappa shape index (κ3) is 5.89. The first-order valence-corrected chi connectivity index (χ1v) is 13.0. The number of aryl methyl sites for hydroxylation is 1.